The van der Waals surface area contributed by atoms with E-state index in [1.54, 1.807) is 13.8 Å². The molecule has 0 aromatic heterocycles. The van der Waals surface area contributed by atoms with Gasteiger partial charge in [0, 0.05) is 23.2 Å². The van der Waals surface area contributed by atoms with E-state index >= 15 is 0 Å². The Bertz CT molecular complexity index is 1270. The highest BCUT2D eigenvalue weighted by atomic mass is 16.7. The lowest BCUT2D eigenvalue weighted by Crippen LogP contribution is -2.65. The minimum absolute atomic E-state index is 0.0681. The maximum Gasteiger partial charge on any atom is 0.187 e. The molecule has 11 heteroatoms. The van der Waals surface area contributed by atoms with Crippen LogP contribution in [-0.4, -0.2) is 113 Å². The van der Waals surface area contributed by atoms with Crippen molar-refractivity contribution in [3.63, 3.8) is 0 Å². The molecule has 4 aliphatic carbocycles. The molecule has 5 aliphatic rings. The first-order valence-corrected chi connectivity index (χ1v) is 17.2. The minimum Gasteiger partial charge on any atom is -0.394 e. The average Bonchev–Trinajstić information content (AvgIpc) is 3.17. The molecule has 47 heavy (non-hydrogen) atoms. The van der Waals surface area contributed by atoms with Gasteiger partial charge in [0.05, 0.1) is 30.0 Å². The SMILES string of the molecule is CC(C)(O)/C=C/[C@H](O)[C@](C)(O)[C@H]1[C@H](O)C[C@@]2(C)[C@H]3CC=C4[C@@H](CC[C@@H](O[C@H]5O[C@@H](CO)[C@H](O)[C@@H](O)[C@@H]5O)C4(C)C)[C@]3(C)C(=O)C[C@]12C. The molecule has 5 rings (SSSR count). The molecule has 3 saturated carbocycles. The van der Waals surface area contributed by atoms with Crippen LogP contribution in [0.5, 0.6) is 0 Å². The Morgan fingerprint density at radius 2 is 1.64 bits per heavy atom. The first-order chi connectivity index (χ1) is 21.5. The van der Waals surface area contributed by atoms with Crippen LogP contribution in [0.15, 0.2) is 23.8 Å². The summed E-state index contributed by atoms with van der Waals surface area (Å²) in [6.45, 7) is 14.3. The summed E-state index contributed by atoms with van der Waals surface area (Å²) < 4.78 is 12.0. The van der Waals surface area contributed by atoms with E-state index in [0.717, 1.165) is 5.57 Å². The number of ketones is 1. The number of hydrogen-bond donors (Lipinski definition) is 8. The number of Topliss-reactive ketones (excluding diaryl/α,β-unsaturated/α-hetero) is 1. The molecule has 11 nitrogen and oxygen atoms in total. The molecule has 15 atom stereocenters. The molecule has 0 amide bonds. The van der Waals surface area contributed by atoms with Crippen LogP contribution in [0.2, 0.25) is 0 Å². The molecular weight excluding hydrogens is 608 g/mol. The standard InChI is InChI=1S/C36H58O11/c1-31(2,44)14-13-23(39)36(8,45)29-20(38)15-33(5)22-11-9-18-19(35(22,7)24(40)16-34(29,33)6)10-12-25(32(18,3)4)47-30-28(43)27(42)26(41)21(17-37)46-30/h9,13-14,19-23,25-30,37-39,41-45H,10-12,15-17H2,1-8H3/b14-13+/t19-,20-,21+,22-,23+,25-,26+,27-,28+,29+,30-,33+,34-,35+,36+/m1/s1. The van der Waals surface area contributed by atoms with Gasteiger partial charge in [0.25, 0.3) is 0 Å². The molecule has 0 unspecified atom stereocenters. The normalized spacial score (nSPS) is 48.7. The van der Waals surface area contributed by atoms with Crippen molar-refractivity contribution < 1.29 is 55.1 Å². The lowest BCUT2D eigenvalue weighted by molar-refractivity contribution is -0.319. The highest BCUT2D eigenvalue weighted by Gasteiger charge is 2.74. The van der Waals surface area contributed by atoms with Gasteiger partial charge in [0.2, 0.25) is 0 Å². The van der Waals surface area contributed by atoms with Crippen LogP contribution >= 0.6 is 0 Å². The number of carbonyl (C=O) groups excluding carboxylic acids is 1. The first-order valence-electron chi connectivity index (χ1n) is 17.2. The number of ether oxygens (including phenoxy) is 2. The second kappa shape index (κ2) is 11.9. The van der Waals surface area contributed by atoms with Crippen LogP contribution in [0.1, 0.15) is 87.5 Å². The summed E-state index contributed by atoms with van der Waals surface area (Å²) in [6, 6.07) is 0. The van der Waals surface area contributed by atoms with Crippen molar-refractivity contribution in [1.29, 1.82) is 0 Å². The topological polar surface area (TPSA) is 197 Å². The Morgan fingerprint density at radius 1 is 1.00 bits per heavy atom. The van der Waals surface area contributed by atoms with Gasteiger partial charge < -0.3 is 50.3 Å². The van der Waals surface area contributed by atoms with Crippen LogP contribution in [0.3, 0.4) is 0 Å². The number of fused-ring (bicyclic) bond motifs is 5. The van der Waals surface area contributed by atoms with Crippen LogP contribution < -0.4 is 0 Å². The van der Waals surface area contributed by atoms with E-state index in [-0.39, 0.29) is 24.0 Å². The second-order valence-electron chi connectivity index (χ2n) is 17.3. The number of aliphatic hydroxyl groups excluding tert-OH is 6. The molecule has 0 bridgehead atoms. The largest absolute Gasteiger partial charge is 0.394 e. The van der Waals surface area contributed by atoms with Crippen molar-refractivity contribution in [3.8, 4) is 0 Å². The van der Waals surface area contributed by atoms with Gasteiger partial charge in [-0.2, -0.15) is 0 Å². The van der Waals surface area contributed by atoms with Gasteiger partial charge in [-0.1, -0.05) is 58.4 Å². The summed E-state index contributed by atoms with van der Waals surface area (Å²) in [6.07, 6.45) is -2.46. The van der Waals surface area contributed by atoms with E-state index in [0.29, 0.717) is 25.7 Å². The van der Waals surface area contributed by atoms with Gasteiger partial charge in [0.1, 0.15) is 36.3 Å². The number of hydrogen-bond acceptors (Lipinski definition) is 11. The molecule has 268 valence electrons. The molecule has 4 fully saturated rings. The molecule has 0 radical (unpaired) electrons. The summed E-state index contributed by atoms with van der Waals surface area (Å²) in [5.41, 5.74) is -4.64. The van der Waals surface area contributed by atoms with Crippen LogP contribution in [0, 0.1) is 39.4 Å². The second-order valence-corrected chi connectivity index (χ2v) is 17.3. The fourth-order valence-corrected chi connectivity index (χ4v) is 10.8. The van der Waals surface area contributed by atoms with E-state index in [1.807, 2.05) is 20.8 Å². The Kier molecular flexibility index (Phi) is 9.39. The van der Waals surface area contributed by atoms with Gasteiger partial charge in [-0.05, 0) is 69.1 Å². The first kappa shape index (κ1) is 37.0. The Hall–Kier alpha value is -1.25. The van der Waals surface area contributed by atoms with Crippen molar-refractivity contribution in [2.75, 3.05) is 6.61 Å². The zero-order valence-electron chi connectivity index (χ0n) is 29.1. The molecule has 1 saturated heterocycles. The summed E-state index contributed by atoms with van der Waals surface area (Å²) in [5, 5.41) is 85.7. The predicted molar refractivity (Wildman–Crippen MR) is 171 cm³/mol. The van der Waals surface area contributed by atoms with E-state index in [1.165, 1.54) is 19.1 Å². The summed E-state index contributed by atoms with van der Waals surface area (Å²) in [4.78, 5) is 14.6. The van der Waals surface area contributed by atoms with Crippen LogP contribution in [-0.2, 0) is 14.3 Å². The average molecular weight is 667 g/mol. The van der Waals surface area contributed by atoms with Gasteiger partial charge in [0.15, 0.2) is 6.29 Å². The van der Waals surface area contributed by atoms with Gasteiger partial charge in [-0.15, -0.1) is 0 Å². The molecule has 0 aromatic rings. The lowest BCUT2D eigenvalue weighted by atomic mass is 9.38. The highest BCUT2D eigenvalue weighted by Crippen LogP contribution is 2.74. The van der Waals surface area contributed by atoms with E-state index in [2.05, 4.69) is 19.9 Å². The Morgan fingerprint density at radius 3 is 2.23 bits per heavy atom. The molecule has 1 aliphatic heterocycles. The predicted octanol–water partition coefficient (Wildman–Crippen LogP) is 1.37. The van der Waals surface area contributed by atoms with Crippen LogP contribution in [0.4, 0.5) is 0 Å². The van der Waals surface area contributed by atoms with Crippen molar-refractivity contribution >= 4 is 5.78 Å². The third-order valence-electron chi connectivity index (χ3n) is 13.6. The smallest absolute Gasteiger partial charge is 0.187 e. The zero-order valence-corrected chi connectivity index (χ0v) is 29.1. The minimum atomic E-state index is -1.78. The maximum atomic E-state index is 14.6. The van der Waals surface area contributed by atoms with Crippen molar-refractivity contribution in [3.05, 3.63) is 23.8 Å². The molecular formula is C36H58O11. The van der Waals surface area contributed by atoms with Gasteiger partial charge in [-0.3, -0.25) is 4.79 Å². The Labute approximate surface area is 278 Å². The molecule has 0 spiro atoms. The third-order valence-corrected chi connectivity index (χ3v) is 13.6. The van der Waals surface area contributed by atoms with E-state index in [4.69, 9.17) is 9.47 Å². The highest BCUT2D eigenvalue weighted by molar-refractivity contribution is 5.88. The maximum absolute atomic E-state index is 14.6. The summed E-state index contributed by atoms with van der Waals surface area (Å²) >= 11 is 0. The third kappa shape index (κ3) is 5.52. The molecule has 8 N–H and O–H groups in total. The van der Waals surface area contributed by atoms with E-state index in [9.17, 15) is 45.6 Å². The fraction of sp³-hybridized carbons (Fsp3) is 0.861. The number of aliphatic hydroxyl groups is 8. The van der Waals surface area contributed by atoms with Crippen molar-refractivity contribution in [1.82, 2.24) is 0 Å². The lowest BCUT2D eigenvalue weighted by Gasteiger charge is -2.65. The number of carbonyl (C=O) groups is 1. The Balaban J connectivity index is 1.45. The molecule has 0 aromatic carbocycles. The number of rotatable bonds is 7. The quantitative estimate of drug-likeness (QED) is 0.183. The van der Waals surface area contributed by atoms with Crippen molar-refractivity contribution in [2.24, 2.45) is 39.4 Å². The molecule has 1 heterocycles. The summed E-state index contributed by atoms with van der Waals surface area (Å²) in [7, 11) is 0. The zero-order chi connectivity index (χ0) is 35.3. The van der Waals surface area contributed by atoms with Crippen LogP contribution in [0.25, 0.3) is 0 Å². The van der Waals surface area contributed by atoms with Gasteiger partial charge >= 0.3 is 0 Å². The van der Waals surface area contributed by atoms with E-state index < -0.39 is 94.4 Å². The van der Waals surface area contributed by atoms with Crippen molar-refractivity contribution in [2.45, 2.75) is 148 Å². The monoisotopic (exact) mass is 666 g/mol. The number of allylic oxidation sites excluding steroid dienone is 1. The van der Waals surface area contributed by atoms with Gasteiger partial charge in [-0.25, -0.2) is 0 Å². The summed E-state index contributed by atoms with van der Waals surface area (Å²) in [5.74, 6) is -0.997. The fourth-order valence-electron chi connectivity index (χ4n) is 10.8.